The zero-order valence-corrected chi connectivity index (χ0v) is 9.18. The maximum absolute atomic E-state index is 11.5. The molecule has 2 rings (SSSR count). The van der Waals surface area contributed by atoms with Gasteiger partial charge in [0.15, 0.2) is 0 Å². The van der Waals surface area contributed by atoms with Crippen LogP contribution in [0.3, 0.4) is 0 Å². The predicted molar refractivity (Wildman–Crippen MR) is 57.5 cm³/mol. The zero-order valence-electron chi connectivity index (χ0n) is 8.36. The van der Waals surface area contributed by atoms with Crippen LogP contribution in [0.25, 0.3) is 0 Å². The molecule has 1 amide bonds. The largest absolute Gasteiger partial charge is 0.326 e. The van der Waals surface area contributed by atoms with Gasteiger partial charge in [0.25, 0.3) is 11.6 Å². The van der Waals surface area contributed by atoms with E-state index in [0.717, 1.165) is 10.4 Å². The Labute approximate surface area is 96.2 Å². The molecule has 0 unspecified atom stereocenters. The highest BCUT2D eigenvalue weighted by molar-refractivity contribution is 7.92. The number of carbonyl (C=O) groups is 1. The molecule has 1 aliphatic rings. The molecule has 0 aliphatic carbocycles. The van der Waals surface area contributed by atoms with E-state index >= 15 is 0 Å². The number of nitrogens with zero attached hydrogens (tertiary/aromatic N) is 2. The summed E-state index contributed by atoms with van der Waals surface area (Å²) in [5.41, 5.74) is -0.158. The highest BCUT2D eigenvalue weighted by Crippen LogP contribution is 2.24. The second-order valence-electron chi connectivity index (χ2n) is 3.31. The molecule has 0 atom stereocenters. The molecule has 0 spiro atoms. The standard InChI is InChI=1S/C8H7N3O5S/c12-8-5-10(17(15,16)9-8)6-2-1-3-7(4-6)11(13)14/h1-4H,5H2,(H,9,12). The van der Waals surface area contributed by atoms with Crippen molar-refractivity contribution in [1.82, 2.24) is 4.72 Å². The summed E-state index contributed by atoms with van der Waals surface area (Å²) in [6, 6.07) is 5.07. The van der Waals surface area contributed by atoms with Crippen LogP contribution < -0.4 is 9.03 Å². The van der Waals surface area contributed by atoms with Crippen LogP contribution in [-0.4, -0.2) is 25.8 Å². The van der Waals surface area contributed by atoms with Crippen molar-refractivity contribution in [3.8, 4) is 0 Å². The first-order valence-corrected chi connectivity index (χ1v) is 5.92. The average molecular weight is 257 g/mol. The second-order valence-corrected chi connectivity index (χ2v) is 4.91. The third-order valence-corrected chi connectivity index (χ3v) is 3.55. The molecule has 0 saturated carbocycles. The minimum atomic E-state index is -3.92. The van der Waals surface area contributed by atoms with Crippen molar-refractivity contribution in [2.45, 2.75) is 0 Å². The van der Waals surface area contributed by atoms with Crippen LogP contribution in [0, 0.1) is 10.1 Å². The van der Waals surface area contributed by atoms with Gasteiger partial charge in [-0.05, 0) is 6.07 Å². The molecule has 1 aromatic rings. The second kappa shape index (κ2) is 3.70. The fourth-order valence-corrected chi connectivity index (χ4v) is 2.58. The lowest BCUT2D eigenvalue weighted by Crippen LogP contribution is -2.29. The van der Waals surface area contributed by atoms with Crippen molar-refractivity contribution < 1.29 is 18.1 Å². The third-order valence-electron chi connectivity index (χ3n) is 2.15. The molecule has 1 N–H and O–H groups in total. The Morgan fingerprint density at radius 2 is 2.12 bits per heavy atom. The number of hydrogen-bond acceptors (Lipinski definition) is 5. The average Bonchev–Trinajstić information content (AvgIpc) is 2.52. The van der Waals surface area contributed by atoms with E-state index < -0.39 is 21.0 Å². The van der Waals surface area contributed by atoms with Gasteiger partial charge in [0, 0.05) is 12.1 Å². The highest BCUT2D eigenvalue weighted by Gasteiger charge is 2.34. The number of nitro groups is 1. The van der Waals surface area contributed by atoms with E-state index in [1.807, 2.05) is 0 Å². The van der Waals surface area contributed by atoms with Crippen LogP contribution in [-0.2, 0) is 15.0 Å². The van der Waals surface area contributed by atoms with Gasteiger partial charge in [-0.3, -0.25) is 14.9 Å². The van der Waals surface area contributed by atoms with E-state index in [0.29, 0.717) is 0 Å². The SMILES string of the molecule is O=C1CN(c2cccc([N+](=O)[O-])c2)S(=O)(=O)N1. The topological polar surface area (TPSA) is 110 Å². The number of amides is 1. The lowest BCUT2D eigenvalue weighted by atomic mass is 10.3. The van der Waals surface area contributed by atoms with Crippen molar-refractivity contribution in [2.24, 2.45) is 0 Å². The molecular weight excluding hydrogens is 250 g/mol. The van der Waals surface area contributed by atoms with Crippen LogP contribution in [0.2, 0.25) is 0 Å². The van der Waals surface area contributed by atoms with Gasteiger partial charge in [-0.2, -0.15) is 8.42 Å². The van der Waals surface area contributed by atoms with Crippen LogP contribution >= 0.6 is 0 Å². The molecule has 17 heavy (non-hydrogen) atoms. The van der Waals surface area contributed by atoms with E-state index in [1.54, 1.807) is 4.72 Å². The monoisotopic (exact) mass is 257 g/mol. The summed E-state index contributed by atoms with van der Waals surface area (Å²) in [4.78, 5) is 20.9. The Morgan fingerprint density at radius 3 is 2.65 bits per heavy atom. The minimum Gasteiger partial charge on any atom is -0.272 e. The summed E-state index contributed by atoms with van der Waals surface area (Å²) in [6.07, 6.45) is 0. The molecule has 1 aromatic carbocycles. The molecule has 0 aromatic heterocycles. The van der Waals surface area contributed by atoms with Gasteiger partial charge in [0.1, 0.15) is 6.54 Å². The number of rotatable bonds is 2. The fourth-order valence-electron chi connectivity index (χ4n) is 1.44. The van der Waals surface area contributed by atoms with E-state index in [4.69, 9.17) is 0 Å². The summed E-state index contributed by atoms with van der Waals surface area (Å²) in [6.45, 7) is -0.372. The van der Waals surface area contributed by atoms with Crippen molar-refractivity contribution >= 4 is 27.5 Å². The predicted octanol–water partition coefficient (Wildman–Crippen LogP) is -0.224. The van der Waals surface area contributed by atoms with Gasteiger partial charge in [-0.25, -0.2) is 9.03 Å². The van der Waals surface area contributed by atoms with E-state index in [1.165, 1.54) is 18.2 Å². The number of benzene rings is 1. The molecular formula is C8H7N3O5S. The van der Waals surface area contributed by atoms with Crippen molar-refractivity contribution in [1.29, 1.82) is 0 Å². The molecule has 90 valence electrons. The summed E-state index contributed by atoms with van der Waals surface area (Å²) in [7, 11) is -3.92. The number of carbonyl (C=O) groups excluding carboxylic acids is 1. The molecule has 9 heteroatoms. The number of anilines is 1. The molecule has 8 nitrogen and oxygen atoms in total. The van der Waals surface area contributed by atoms with Crippen LogP contribution in [0.5, 0.6) is 0 Å². The zero-order chi connectivity index (χ0) is 12.6. The summed E-state index contributed by atoms with van der Waals surface area (Å²) in [5, 5.41) is 10.5. The van der Waals surface area contributed by atoms with E-state index in [-0.39, 0.29) is 17.9 Å². The van der Waals surface area contributed by atoms with E-state index in [2.05, 4.69) is 0 Å². The first kappa shape index (κ1) is 11.3. The minimum absolute atomic E-state index is 0.0811. The van der Waals surface area contributed by atoms with Gasteiger partial charge in [-0.1, -0.05) is 6.07 Å². The fraction of sp³-hybridized carbons (Fsp3) is 0.125. The molecule has 1 saturated heterocycles. The third kappa shape index (κ3) is 2.04. The number of hydrogen-bond donors (Lipinski definition) is 1. The maximum atomic E-state index is 11.5. The van der Waals surface area contributed by atoms with E-state index in [9.17, 15) is 23.3 Å². The number of nitro benzene ring substituents is 1. The van der Waals surface area contributed by atoms with Crippen LogP contribution in [0.1, 0.15) is 0 Å². The van der Waals surface area contributed by atoms with Gasteiger partial charge >= 0.3 is 10.2 Å². The summed E-state index contributed by atoms with van der Waals surface area (Å²) in [5.74, 6) is -0.670. The van der Waals surface area contributed by atoms with Crippen LogP contribution in [0.4, 0.5) is 11.4 Å². The Kier molecular flexibility index (Phi) is 2.46. The molecule has 0 radical (unpaired) electrons. The van der Waals surface area contributed by atoms with Gasteiger partial charge < -0.3 is 0 Å². The first-order valence-electron chi connectivity index (χ1n) is 4.48. The number of nitrogens with one attached hydrogen (secondary N) is 1. The molecule has 0 bridgehead atoms. The highest BCUT2D eigenvalue weighted by atomic mass is 32.2. The Bertz CT molecular complexity index is 597. The lowest BCUT2D eigenvalue weighted by Gasteiger charge is -2.13. The Balaban J connectivity index is 2.45. The van der Waals surface area contributed by atoms with Crippen molar-refractivity contribution in [3.05, 3.63) is 34.4 Å². The quantitative estimate of drug-likeness (QED) is 0.581. The Hall–Kier alpha value is -2.16. The molecule has 1 heterocycles. The van der Waals surface area contributed by atoms with Gasteiger partial charge in [0.2, 0.25) is 0 Å². The smallest absolute Gasteiger partial charge is 0.272 e. The maximum Gasteiger partial charge on any atom is 0.326 e. The Morgan fingerprint density at radius 1 is 1.41 bits per heavy atom. The van der Waals surface area contributed by atoms with Crippen LogP contribution in [0.15, 0.2) is 24.3 Å². The van der Waals surface area contributed by atoms with Gasteiger partial charge in [0.05, 0.1) is 10.6 Å². The normalized spacial score (nSPS) is 17.9. The summed E-state index contributed by atoms with van der Waals surface area (Å²) < 4.78 is 25.5. The van der Waals surface area contributed by atoms with Crippen molar-refractivity contribution in [2.75, 3.05) is 10.8 Å². The molecule has 1 fully saturated rings. The van der Waals surface area contributed by atoms with Gasteiger partial charge in [-0.15, -0.1) is 0 Å². The molecule has 1 aliphatic heterocycles. The summed E-state index contributed by atoms with van der Waals surface area (Å²) >= 11 is 0. The lowest BCUT2D eigenvalue weighted by molar-refractivity contribution is -0.384. The number of non-ortho nitro benzene ring substituents is 1. The first-order chi connectivity index (χ1) is 7.90. The van der Waals surface area contributed by atoms with Crippen molar-refractivity contribution in [3.63, 3.8) is 0 Å².